The molecule has 0 radical (unpaired) electrons. The number of nitrogens with one attached hydrogen (secondary N) is 1. The van der Waals surface area contributed by atoms with Crippen LogP contribution >= 0.6 is 15.9 Å². The number of rotatable bonds is 5. The van der Waals surface area contributed by atoms with Gasteiger partial charge in [0, 0.05) is 12.1 Å². The molecule has 5 rings (SSSR count). The lowest BCUT2D eigenvalue weighted by Gasteiger charge is -2.34. The number of benzene rings is 1. The van der Waals surface area contributed by atoms with Gasteiger partial charge >= 0.3 is 0 Å². The van der Waals surface area contributed by atoms with E-state index in [9.17, 15) is 19.5 Å². The van der Waals surface area contributed by atoms with Crippen molar-refractivity contribution in [2.75, 3.05) is 12.4 Å². The highest BCUT2D eigenvalue weighted by Gasteiger charge is 2.42. The first kappa shape index (κ1) is 23.2. The Kier molecular flexibility index (Phi) is 6.14. The minimum absolute atomic E-state index is 0.00945. The Morgan fingerprint density at radius 2 is 1.77 bits per heavy atom. The Bertz CT molecular complexity index is 1300. The van der Waals surface area contributed by atoms with Crippen molar-refractivity contribution >= 4 is 50.4 Å². The van der Waals surface area contributed by atoms with Gasteiger partial charge in [-0.1, -0.05) is 28.1 Å². The molecule has 1 atom stereocenters. The monoisotopic (exact) mass is 538 g/mol. The Labute approximate surface area is 209 Å². The largest absolute Gasteiger partial charge is 0.504 e. The van der Waals surface area contributed by atoms with Crippen molar-refractivity contribution in [2.45, 2.75) is 36.6 Å². The molecule has 0 saturated heterocycles. The molecular weight excluding hydrogens is 516 g/mol. The van der Waals surface area contributed by atoms with Crippen molar-refractivity contribution in [3.05, 3.63) is 53.7 Å². The number of carbonyl (C=O) groups is 3. The van der Waals surface area contributed by atoms with E-state index in [0.717, 1.165) is 0 Å². The van der Waals surface area contributed by atoms with Crippen molar-refractivity contribution in [2.24, 2.45) is 5.92 Å². The molecule has 1 saturated carbocycles. The molecule has 3 heterocycles. The highest BCUT2D eigenvalue weighted by molar-refractivity contribution is 9.10. The van der Waals surface area contributed by atoms with Gasteiger partial charge in [0.25, 0.3) is 11.8 Å². The summed E-state index contributed by atoms with van der Waals surface area (Å²) in [7, 11) is 1.48. The van der Waals surface area contributed by atoms with Crippen LogP contribution in [0.2, 0.25) is 0 Å². The SMILES string of the molecule is COc1ccc2ncc(NC(=O)C(Br)[C@H]3CC[C@H](N4C(=O)c5ccccc5C4=O)CC3)c(O)c2n1. The zero-order valence-electron chi connectivity index (χ0n) is 18.9. The maximum Gasteiger partial charge on any atom is 0.261 e. The van der Waals surface area contributed by atoms with Gasteiger partial charge in [-0.2, -0.15) is 0 Å². The van der Waals surface area contributed by atoms with E-state index < -0.39 is 4.83 Å². The van der Waals surface area contributed by atoms with Crippen LogP contribution in [0.4, 0.5) is 5.69 Å². The van der Waals surface area contributed by atoms with Crippen molar-refractivity contribution < 1.29 is 24.2 Å². The molecule has 10 heteroatoms. The van der Waals surface area contributed by atoms with Gasteiger partial charge in [-0.05, 0) is 49.8 Å². The minimum atomic E-state index is -0.515. The van der Waals surface area contributed by atoms with Crippen LogP contribution in [0.5, 0.6) is 11.6 Å². The third-order valence-electron chi connectivity index (χ3n) is 6.72. The summed E-state index contributed by atoms with van der Waals surface area (Å²) in [5.74, 6) is -0.648. The number of ether oxygens (including phenoxy) is 1. The molecule has 2 aliphatic rings. The van der Waals surface area contributed by atoms with E-state index >= 15 is 0 Å². The number of alkyl halides is 1. The molecule has 3 amide bonds. The van der Waals surface area contributed by atoms with Gasteiger partial charge in [-0.25, -0.2) is 4.98 Å². The van der Waals surface area contributed by atoms with Gasteiger partial charge in [0.05, 0.1) is 34.8 Å². The first-order valence-electron chi connectivity index (χ1n) is 11.3. The molecule has 180 valence electrons. The lowest BCUT2D eigenvalue weighted by Crippen LogP contribution is -2.43. The van der Waals surface area contributed by atoms with E-state index in [1.54, 1.807) is 36.4 Å². The van der Waals surface area contributed by atoms with Crippen LogP contribution in [0.15, 0.2) is 42.6 Å². The molecule has 1 aromatic carbocycles. The number of carbonyl (C=O) groups excluding carboxylic acids is 3. The Morgan fingerprint density at radius 3 is 2.40 bits per heavy atom. The van der Waals surface area contributed by atoms with E-state index in [4.69, 9.17) is 4.74 Å². The molecule has 1 fully saturated rings. The molecular formula is C25H23BrN4O5. The molecule has 0 spiro atoms. The fraction of sp³-hybridized carbons (Fsp3) is 0.320. The van der Waals surface area contributed by atoms with Gasteiger partial charge in [0.15, 0.2) is 5.75 Å². The summed E-state index contributed by atoms with van der Waals surface area (Å²) in [6.45, 7) is 0. The summed E-state index contributed by atoms with van der Waals surface area (Å²) in [6, 6.07) is 10.0. The van der Waals surface area contributed by atoms with E-state index in [1.807, 2.05) is 0 Å². The number of hydrogen-bond acceptors (Lipinski definition) is 7. The molecule has 2 N–H and O–H groups in total. The number of nitrogens with zero attached hydrogens (tertiary/aromatic N) is 3. The highest BCUT2D eigenvalue weighted by atomic mass is 79.9. The van der Waals surface area contributed by atoms with Crippen LogP contribution in [0, 0.1) is 5.92 Å². The second-order valence-electron chi connectivity index (χ2n) is 8.73. The average Bonchev–Trinajstić information content (AvgIpc) is 3.15. The van der Waals surface area contributed by atoms with Gasteiger partial charge in [-0.3, -0.25) is 24.3 Å². The number of halogens is 1. The summed E-state index contributed by atoms with van der Waals surface area (Å²) in [5, 5.41) is 13.4. The van der Waals surface area contributed by atoms with E-state index in [1.165, 1.54) is 18.2 Å². The Morgan fingerprint density at radius 1 is 1.11 bits per heavy atom. The standard InChI is InChI=1S/C25H23BrN4O5/c1-35-19-11-10-17-21(29-19)22(31)18(12-27-17)28-23(32)20(26)13-6-8-14(9-7-13)30-24(33)15-4-2-3-5-16(15)25(30)34/h2-5,10-14,20H,6-9H2,1H3,(H,27,31)(H,28,32)/t13-,14-,20?. The Balaban J connectivity index is 1.23. The fourth-order valence-electron chi connectivity index (χ4n) is 4.85. The van der Waals surface area contributed by atoms with E-state index in [0.29, 0.717) is 48.2 Å². The molecule has 1 unspecified atom stereocenters. The average molecular weight is 539 g/mol. The fourth-order valence-corrected chi connectivity index (χ4v) is 5.49. The van der Waals surface area contributed by atoms with Gasteiger partial charge in [0.2, 0.25) is 11.8 Å². The zero-order valence-corrected chi connectivity index (χ0v) is 20.5. The molecule has 2 aromatic heterocycles. The maximum atomic E-state index is 13.0. The first-order chi connectivity index (χ1) is 16.9. The maximum absolute atomic E-state index is 13.0. The number of anilines is 1. The molecule has 35 heavy (non-hydrogen) atoms. The highest BCUT2D eigenvalue weighted by Crippen LogP contribution is 2.37. The second kappa shape index (κ2) is 9.26. The van der Waals surface area contributed by atoms with Crippen LogP contribution in [0.3, 0.4) is 0 Å². The van der Waals surface area contributed by atoms with Gasteiger partial charge < -0.3 is 15.2 Å². The normalized spacial score (nSPS) is 20.6. The van der Waals surface area contributed by atoms with Crippen LogP contribution < -0.4 is 10.1 Å². The number of methoxy groups -OCH3 is 1. The number of amides is 3. The first-order valence-corrected chi connectivity index (χ1v) is 12.2. The summed E-state index contributed by atoms with van der Waals surface area (Å²) >= 11 is 3.51. The number of imide groups is 1. The molecule has 3 aromatic rings. The second-order valence-corrected chi connectivity index (χ2v) is 9.71. The van der Waals surface area contributed by atoms with E-state index in [-0.39, 0.29) is 46.6 Å². The van der Waals surface area contributed by atoms with Crippen molar-refractivity contribution in [1.82, 2.24) is 14.9 Å². The predicted molar refractivity (Wildman–Crippen MR) is 132 cm³/mol. The van der Waals surface area contributed by atoms with Crippen molar-refractivity contribution in [3.63, 3.8) is 0 Å². The summed E-state index contributed by atoms with van der Waals surface area (Å²) in [5.41, 5.74) is 1.77. The molecule has 1 aliphatic carbocycles. The van der Waals surface area contributed by atoms with Gasteiger partial charge in [-0.15, -0.1) is 0 Å². The summed E-state index contributed by atoms with van der Waals surface area (Å²) in [6.07, 6.45) is 3.98. The van der Waals surface area contributed by atoms with Crippen LogP contribution in [-0.2, 0) is 4.79 Å². The van der Waals surface area contributed by atoms with Crippen LogP contribution in [0.1, 0.15) is 46.4 Å². The summed E-state index contributed by atoms with van der Waals surface area (Å²) < 4.78 is 5.10. The summed E-state index contributed by atoms with van der Waals surface area (Å²) in [4.78, 5) is 47.9. The third-order valence-corrected chi connectivity index (χ3v) is 7.89. The molecule has 1 aliphatic heterocycles. The lowest BCUT2D eigenvalue weighted by molar-refractivity contribution is -0.116. The van der Waals surface area contributed by atoms with E-state index in [2.05, 4.69) is 31.2 Å². The molecule has 9 nitrogen and oxygen atoms in total. The van der Waals surface area contributed by atoms with Crippen LogP contribution in [0.25, 0.3) is 11.0 Å². The third kappa shape index (κ3) is 4.12. The van der Waals surface area contributed by atoms with Crippen molar-refractivity contribution in [3.8, 4) is 11.6 Å². The smallest absolute Gasteiger partial charge is 0.261 e. The topological polar surface area (TPSA) is 122 Å². The van der Waals surface area contributed by atoms with Crippen LogP contribution in [-0.4, -0.2) is 55.7 Å². The number of pyridine rings is 2. The number of aromatic hydroxyl groups is 1. The number of fused-ring (bicyclic) bond motifs is 2. The zero-order chi connectivity index (χ0) is 24.7. The number of hydrogen-bond donors (Lipinski definition) is 2. The number of aromatic nitrogens is 2. The minimum Gasteiger partial charge on any atom is -0.504 e. The molecule has 0 bridgehead atoms. The Hall–Kier alpha value is -3.53. The quantitative estimate of drug-likeness (QED) is 0.373. The lowest BCUT2D eigenvalue weighted by atomic mass is 9.83. The van der Waals surface area contributed by atoms with Crippen molar-refractivity contribution in [1.29, 1.82) is 0 Å². The van der Waals surface area contributed by atoms with Gasteiger partial charge in [0.1, 0.15) is 11.2 Å². The predicted octanol–water partition coefficient (Wildman–Crippen LogP) is 3.90.